The Bertz CT molecular complexity index is 802. The molecule has 0 radical (unpaired) electrons. The van der Waals surface area contributed by atoms with E-state index < -0.39 is 15.1 Å². The maximum atomic E-state index is 12.9. The highest BCUT2D eigenvalue weighted by Crippen LogP contribution is 2.34. The summed E-state index contributed by atoms with van der Waals surface area (Å²) < 4.78 is 31.0. The van der Waals surface area contributed by atoms with E-state index in [1.165, 1.54) is 0 Å². The van der Waals surface area contributed by atoms with Crippen LogP contribution in [-0.4, -0.2) is 38.9 Å². The molecule has 22 heavy (non-hydrogen) atoms. The zero-order valence-corrected chi connectivity index (χ0v) is 13.7. The molecule has 5 nitrogen and oxygen atoms in total. The molecular formula is C15H17ClN2O3S. The SMILES string of the molecule is CNc1ccnc2cc(Cl)c(S(=O)(=O)C3CCOCC3)cc12. The predicted molar refractivity (Wildman–Crippen MR) is 87.3 cm³/mol. The Hall–Kier alpha value is -1.37. The third kappa shape index (κ3) is 2.66. The van der Waals surface area contributed by atoms with Crippen LogP contribution in [0.15, 0.2) is 29.3 Å². The number of nitrogens with zero attached hydrogens (tertiary/aromatic N) is 1. The molecule has 0 aliphatic carbocycles. The number of ether oxygens (including phenoxy) is 1. The largest absolute Gasteiger partial charge is 0.388 e. The van der Waals surface area contributed by atoms with Crippen LogP contribution in [0.25, 0.3) is 10.9 Å². The number of nitrogens with one attached hydrogen (secondary N) is 1. The zero-order valence-electron chi connectivity index (χ0n) is 12.2. The third-order valence-electron chi connectivity index (χ3n) is 3.98. The molecule has 7 heteroatoms. The van der Waals surface area contributed by atoms with Gasteiger partial charge in [-0.15, -0.1) is 0 Å². The van der Waals surface area contributed by atoms with E-state index in [4.69, 9.17) is 16.3 Å². The van der Waals surface area contributed by atoms with Crippen molar-refractivity contribution in [1.29, 1.82) is 0 Å². The van der Waals surface area contributed by atoms with E-state index in [1.54, 1.807) is 31.4 Å². The summed E-state index contributed by atoms with van der Waals surface area (Å²) in [6.07, 6.45) is 2.67. The Labute approximate surface area is 134 Å². The summed E-state index contributed by atoms with van der Waals surface area (Å²) in [6, 6.07) is 5.05. The summed E-state index contributed by atoms with van der Waals surface area (Å²) in [4.78, 5) is 4.43. The molecule has 1 aromatic carbocycles. The van der Waals surface area contributed by atoms with Crippen LogP contribution in [0.4, 0.5) is 5.69 Å². The predicted octanol–water partition coefficient (Wildman–Crippen LogP) is 2.88. The summed E-state index contributed by atoms with van der Waals surface area (Å²) in [7, 11) is -1.69. The molecule has 2 aromatic rings. The Morgan fingerprint density at radius 3 is 2.73 bits per heavy atom. The summed E-state index contributed by atoms with van der Waals surface area (Å²) in [5.74, 6) is 0. The van der Waals surface area contributed by atoms with Crippen molar-refractivity contribution in [3.8, 4) is 0 Å². The van der Waals surface area contributed by atoms with Crippen molar-refractivity contribution in [3.05, 3.63) is 29.4 Å². The first-order valence-corrected chi connectivity index (χ1v) is 9.04. The minimum Gasteiger partial charge on any atom is -0.388 e. The maximum absolute atomic E-state index is 12.9. The number of pyridine rings is 1. The number of fused-ring (bicyclic) bond motifs is 1. The lowest BCUT2D eigenvalue weighted by atomic mass is 10.2. The standard InChI is InChI=1S/C15H17ClN2O3S/c1-17-13-2-5-18-14-9-12(16)15(8-11(13)14)22(19,20)10-3-6-21-7-4-10/h2,5,8-10H,3-4,6-7H2,1H3,(H,17,18). The molecule has 3 rings (SSSR count). The molecule has 0 bridgehead atoms. The molecule has 118 valence electrons. The van der Waals surface area contributed by atoms with E-state index in [1.807, 2.05) is 0 Å². The van der Waals surface area contributed by atoms with E-state index in [9.17, 15) is 8.42 Å². The molecular weight excluding hydrogens is 324 g/mol. The van der Waals surface area contributed by atoms with Crippen molar-refractivity contribution in [2.75, 3.05) is 25.6 Å². The van der Waals surface area contributed by atoms with Crippen molar-refractivity contribution < 1.29 is 13.2 Å². The van der Waals surface area contributed by atoms with Gasteiger partial charge in [-0.2, -0.15) is 0 Å². The number of sulfone groups is 1. The van der Waals surface area contributed by atoms with Crippen LogP contribution in [0.3, 0.4) is 0 Å². The zero-order chi connectivity index (χ0) is 15.7. The van der Waals surface area contributed by atoms with Gasteiger partial charge in [0.2, 0.25) is 0 Å². The Morgan fingerprint density at radius 2 is 2.05 bits per heavy atom. The second kappa shape index (κ2) is 6.02. The van der Waals surface area contributed by atoms with E-state index in [2.05, 4.69) is 10.3 Å². The number of halogens is 1. The van der Waals surface area contributed by atoms with E-state index >= 15 is 0 Å². The molecule has 1 aromatic heterocycles. The average molecular weight is 341 g/mol. The summed E-state index contributed by atoms with van der Waals surface area (Å²) in [5, 5.41) is 3.58. The van der Waals surface area contributed by atoms with E-state index in [0.29, 0.717) is 31.6 Å². The summed E-state index contributed by atoms with van der Waals surface area (Å²) in [6.45, 7) is 0.941. The number of benzene rings is 1. The lowest BCUT2D eigenvalue weighted by Crippen LogP contribution is -2.29. The van der Waals surface area contributed by atoms with Crippen LogP contribution in [-0.2, 0) is 14.6 Å². The van der Waals surface area contributed by atoms with Gasteiger partial charge in [0.05, 0.1) is 20.7 Å². The summed E-state index contributed by atoms with van der Waals surface area (Å²) >= 11 is 6.23. The van der Waals surface area contributed by atoms with Gasteiger partial charge < -0.3 is 10.1 Å². The normalized spacial score (nSPS) is 16.8. The van der Waals surface area contributed by atoms with Gasteiger partial charge in [-0.05, 0) is 31.0 Å². The van der Waals surface area contributed by atoms with Crippen LogP contribution < -0.4 is 5.32 Å². The monoisotopic (exact) mass is 340 g/mol. The van der Waals surface area contributed by atoms with Gasteiger partial charge in [0.1, 0.15) is 0 Å². The fraction of sp³-hybridized carbons (Fsp3) is 0.400. The average Bonchev–Trinajstić information content (AvgIpc) is 2.54. The van der Waals surface area contributed by atoms with Gasteiger partial charge in [0.15, 0.2) is 9.84 Å². The topological polar surface area (TPSA) is 68.3 Å². The fourth-order valence-electron chi connectivity index (χ4n) is 2.75. The second-order valence-corrected chi connectivity index (χ2v) is 7.87. The highest BCUT2D eigenvalue weighted by atomic mass is 35.5. The van der Waals surface area contributed by atoms with Crippen LogP contribution in [0.1, 0.15) is 12.8 Å². The molecule has 0 atom stereocenters. The van der Waals surface area contributed by atoms with E-state index in [-0.39, 0.29) is 9.92 Å². The van der Waals surface area contributed by atoms with Gasteiger partial charge in [-0.3, -0.25) is 4.98 Å². The first-order valence-electron chi connectivity index (χ1n) is 7.11. The third-order valence-corrected chi connectivity index (χ3v) is 6.70. The molecule has 0 unspecified atom stereocenters. The lowest BCUT2D eigenvalue weighted by Gasteiger charge is -2.23. The minimum absolute atomic E-state index is 0.179. The number of hydrogen-bond donors (Lipinski definition) is 1. The molecule has 1 aliphatic heterocycles. The molecule has 0 spiro atoms. The minimum atomic E-state index is -3.48. The Balaban J connectivity index is 2.15. The van der Waals surface area contributed by atoms with Crippen molar-refractivity contribution in [2.45, 2.75) is 23.0 Å². The molecule has 1 fully saturated rings. The molecule has 0 amide bonds. The number of aromatic nitrogens is 1. The van der Waals surface area contributed by atoms with Gasteiger partial charge in [-0.1, -0.05) is 11.6 Å². The van der Waals surface area contributed by atoms with E-state index in [0.717, 1.165) is 11.1 Å². The highest BCUT2D eigenvalue weighted by Gasteiger charge is 2.31. The van der Waals surface area contributed by atoms with Crippen molar-refractivity contribution in [1.82, 2.24) is 4.98 Å². The molecule has 2 heterocycles. The quantitative estimate of drug-likeness (QED) is 0.930. The molecule has 1 saturated heterocycles. The summed E-state index contributed by atoms with van der Waals surface area (Å²) in [5.41, 5.74) is 1.49. The number of rotatable bonds is 3. The van der Waals surface area contributed by atoms with Gasteiger partial charge in [-0.25, -0.2) is 8.42 Å². The van der Waals surface area contributed by atoms with Gasteiger partial charge in [0, 0.05) is 37.5 Å². The maximum Gasteiger partial charge on any atom is 0.182 e. The van der Waals surface area contributed by atoms with Crippen molar-refractivity contribution in [3.63, 3.8) is 0 Å². The first kappa shape index (κ1) is 15.5. The number of anilines is 1. The molecule has 1 N–H and O–H groups in total. The van der Waals surface area contributed by atoms with Crippen LogP contribution in [0.2, 0.25) is 5.02 Å². The Kier molecular flexibility index (Phi) is 4.25. The lowest BCUT2D eigenvalue weighted by molar-refractivity contribution is 0.0983. The molecule has 1 aliphatic rings. The fourth-order valence-corrected chi connectivity index (χ4v) is 5.01. The Morgan fingerprint density at radius 1 is 1.32 bits per heavy atom. The smallest absolute Gasteiger partial charge is 0.182 e. The first-order chi connectivity index (χ1) is 10.5. The van der Waals surface area contributed by atoms with Crippen molar-refractivity contribution in [2.24, 2.45) is 0 Å². The van der Waals surface area contributed by atoms with Crippen LogP contribution in [0.5, 0.6) is 0 Å². The van der Waals surface area contributed by atoms with Gasteiger partial charge >= 0.3 is 0 Å². The van der Waals surface area contributed by atoms with Crippen LogP contribution >= 0.6 is 11.6 Å². The van der Waals surface area contributed by atoms with Crippen molar-refractivity contribution >= 4 is 38.0 Å². The second-order valence-electron chi connectivity index (χ2n) is 5.27. The highest BCUT2D eigenvalue weighted by molar-refractivity contribution is 7.92. The number of hydrogen-bond acceptors (Lipinski definition) is 5. The van der Waals surface area contributed by atoms with Gasteiger partial charge in [0.25, 0.3) is 0 Å². The van der Waals surface area contributed by atoms with Crippen LogP contribution in [0, 0.1) is 0 Å². The molecule has 0 saturated carbocycles.